The van der Waals surface area contributed by atoms with Crippen molar-refractivity contribution in [3.05, 3.63) is 0 Å². The highest BCUT2D eigenvalue weighted by molar-refractivity contribution is 5.87. The van der Waals surface area contributed by atoms with Crippen LogP contribution in [-0.4, -0.2) is 58.1 Å². The van der Waals surface area contributed by atoms with Crippen LogP contribution in [0, 0.1) is 0 Å². The van der Waals surface area contributed by atoms with Crippen LogP contribution >= 0.6 is 0 Å². The van der Waals surface area contributed by atoms with Gasteiger partial charge in [0.25, 0.3) is 0 Å². The molecule has 1 fully saturated rings. The molecule has 1 rings (SSSR count). The fourth-order valence-electron chi connectivity index (χ4n) is 1.86. The van der Waals surface area contributed by atoms with Crippen LogP contribution in [0.5, 0.6) is 0 Å². The number of nitrogens with zero attached hydrogens (tertiary/aromatic N) is 1. The van der Waals surface area contributed by atoms with Gasteiger partial charge in [0.2, 0.25) is 5.91 Å². The predicted octanol–water partition coefficient (Wildman–Crippen LogP) is -0.875. The average molecular weight is 244 g/mol. The zero-order valence-corrected chi connectivity index (χ0v) is 9.55. The van der Waals surface area contributed by atoms with Gasteiger partial charge in [0.1, 0.15) is 6.04 Å². The Kier molecular flexibility index (Phi) is 4.45. The summed E-state index contributed by atoms with van der Waals surface area (Å²) in [7, 11) is 0. The number of hydrogen-bond donors (Lipinski definition) is 3. The summed E-state index contributed by atoms with van der Waals surface area (Å²) in [5.41, 5.74) is 0. The number of amides is 1. The van der Waals surface area contributed by atoms with Gasteiger partial charge < -0.3 is 15.1 Å². The van der Waals surface area contributed by atoms with Crippen LogP contribution in [0.2, 0.25) is 0 Å². The van der Waals surface area contributed by atoms with Gasteiger partial charge in [-0.05, 0) is 19.8 Å². The summed E-state index contributed by atoms with van der Waals surface area (Å²) in [5.74, 6) is -2.43. The molecule has 1 aliphatic heterocycles. The Morgan fingerprint density at radius 3 is 2.59 bits per heavy atom. The summed E-state index contributed by atoms with van der Waals surface area (Å²) in [6, 6.07) is -1.47. The summed E-state index contributed by atoms with van der Waals surface area (Å²) in [5, 5.41) is 19.9. The standard InChI is InChI=1S/C10H16N2O5/c1-6(11-5-8(13)14)9(15)12-4-2-3-7(12)10(16)17/h6-7,11H,2-5H2,1H3,(H,13,14)(H,16,17)/t6-,7+/m1/s1. The predicted molar refractivity (Wildman–Crippen MR) is 57.5 cm³/mol. The molecule has 17 heavy (non-hydrogen) atoms. The lowest BCUT2D eigenvalue weighted by Crippen LogP contribution is -2.49. The van der Waals surface area contributed by atoms with Crippen LogP contribution in [0.25, 0.3) is 0 Å². The van der Waals surface area contributed by atoms with Gasteiger partial charge in [0, 0.05) is 6.54 Å². The molecule has 1 aliphatic rings. The van der Waals surface area contributed by atoms with E-state index in [0.717, 1.165) is 0 Å². The molecule has 0 bridgehead atoms. The molecule has 3 N–H and O–H groups in total. The van der Waals surface area contributed by atoms with Crippen LogP contribution < -0.4 is 5.32 Å². The summed E-state index contributed by atoms with van der Waals surface area (Å²) < 4.78 is 0. The van der Waals surface area contributed by atoms with Gasteiger partial charge in [-0.3, -0.25) is 14.9 Å². The Labute approximate surface area is 98.4 Å². The van der Waals surface area contributed by atoms with Gasteiger partial charge in [-0.25, -0.2) is 4.79 Å². The molecule has 1 heterocycles. The highest BCUT2D eigenvalue weighted by Gasteiger charge is 2.35. The van der Waals surface area contributed by atoms with Crippen molar-refractivity contribution in [2.75, 3.05) is 13.1 Å². The van der Waals surface area contributed by atoms with Gasteiger partial charge >= 0.3 is 11.9 Å². The molecule has 2 atom stereocenters. The van der Waals surface area contributed by atoms with Crippen molar-refractivity contribution in [2.45, 2.75) is 31.8 Å². The van der Waals surface area contributed by atoms with Crippen molar-refractivity contribution in [2.24, 2.45) is 0 Å². The molecule has 0 aromatic heterocycles. The first-order valence-electron chi connectivity index (χ1n) is 5.42. The van der Waals surface area contributed by atoms with Gasteiger partial charge in [-0.2, -0.15) is 0 Å². The lowest BCUT2D eigenvalue weighted by molar-refractivity contribution is -0.149. The van der Waals surface area contributed by atoms with Crippen molar-refractivity contribution in [1.82, 2.24) is 10.2 Å². The Morgan fingerprint density at radius 2 is 2.06 bits per heavy atom. The van der Waals surface area contributed by atoms with Crippen molar-refractivity contribution >= 4 is 17.8 Å². The smallest absolute Gasteiger partial charge is 0.326 e. The maximum absolute atomic E-state index is 11.9. The van der Waals surface area contributed by atoms with Crippen LogP contribution in [0.3, 0.4) is 0 Å². The molecule has 1 saturated heterocycles. The second-order valence-electron chi connectivity index (χ2n) is 4.02. The van der Waals surface area contributed by atoms with E-state index in [1.807, 2.05) is 0 Å². The summed E-state index contributed by atoms with van der Waals surface area (Å²) in [4.78, 5) is 34.4. The maximum atomic E-state index is 11.9. The van der Waals surface area contributed by atoms with E-state index in [2.05, 4.69) is 5.32 Å². The third kappa shape index (κ3) is 3.42. The maximum Gasteiger partial charge on any atom is 0.326 e. The second-order valence-corrected chi connectivity index (χ2v) is 4.02. The van der Waals surface area contributed by atoms with Crippen molar-refractivity contribution < 1.29 is 24.6 Å². The molecule has 96 valence electrons. The lowest BCUT2D eigenvalue weighted by Gasteiger charge is -2.25. The van der Waals surface area contributed by atoms with E-state index in [-0.39, 0.29) is 12.5 Å². The number of rotatable bonds is 5. The van der Waals surface area contributed by atoms with E-state index in [9.17, 15) is 14.4 Å². The number of nitrogens with one attached hydrogen (secondary N) is 1. The zero-order valence-electron chi connectivity index (χ0n) is 9.55. The SMILES string of the molecule is C[C@@H](NCC(=O)O)C(=O)N1CCC[C@H]1C(=O)O. The average Bonchev–Trinajstić information content (AvgIpc) is 2.73. The number of carboxylic acids is 2. The minimum atomic E-state index is -1.05. The minimum Gasteiger partial charge on any atom is -0.480 e. The molecule has 0 unspecified atom stereocenters. The van der Waals surface area contributed by atoms with E-state index in [1.54, 1.807) is 0 Å². The van der Waals surface area contributed by atoms with E-state index in [1.165, 1.54) is 11.8 Å². The Morgan fingerprint density at radius 1 is 1.41 bits per heavy atom. The first-order chi connectivity index (χ1) is 7.93. The molecular weight excluding hydrogens is 228 g/mol. The third-order valence-electron chi connectivity index (χ3n) is 2.75. The molecule has 0 spiro atoms. The van der Waals surface area contributed by atoms with E-state index in [0.29, 0.717) is 19.4 Å². The monoisotopic (exact) mass is 244 g/mol. The molecule has 7 nitrogen and oxygen atoms in total. The Bertz CT molecular complexity index is 331. The molecule has 0 saturated carbocycles. The summed E-state index contributed by atoms with van der Waals surface area (Å²) in [6.07, 6.45) is 1.11. The van der Waals surface area contributed by atoms with Crippen molar-refractivity contribution in [3.63, 3.8) is 0 Å². The number of carbonyl (C=O) groups is 3. The van der Waals surface area contributed by atoms with Crippen molar-refractivity contribution in [1.29, 1.82) is 0 Å². The topological polar surface area (TPSA) is 107 Å². The van der Waals surface area contributed by atoms with Crippen LogP contribution in [-0.2, 0) is 14.4 Å². The van der Waals surface area contributed by atoms with E-state index in [4.69, 9.17) is 10.2 Å². The van der Waals surface area contributed by atoms with Crippen molar-refractivity contribution in [3.8, 4) is 0 Å². The molecule has 1 amide bonds. The lowest BCUT2D eigenvalue weighted by atomic mass is 10.2. The fourth-order valence-corrected chi connectivity index (χ4v) is 1.86. The largest absolute Gasteiger partial charge is 0.480 e. The third-order valence-corrected chi connectivity index (χ3v) is 2.75. The highest BCUT2D eigenvalue weighted by atomic mass is 16.4. The first kappa shape index (κ1) is 13.4. The highest BCUT2D eigenvalue weighted by Crippen LogP contribution is 2.18. The number of carboxylic acid groups (broad SMARTS) is 2. The van der Waals surface area contributed by atoms with Gasteiger partial charge in [-0.15, -0.1) is 0 Å². The molecule has 0 aliphatic carbocycles. The summed E-state index contributed by atoms with van der Waals surface area (Å²) in [6.45, 7) is 1.62. The molecule has 7 heteroatoms. The number of aliphatic carboxylic acids is 2. The zero-order chi connectivity index (χ0) is 13.0. The minimum absolute atomic E-state index is 0.321. The Hall–Kier alpha value is -1.63. The fraction of sp³-hybridized carbons (Fsp3) is 0.700. The second kappa shape index (κ2) is 5.62. The first-order valence-corrected chi connectivity index (χ1v) is 5.42. The number of hydrogen-bond acceptors (Lipinski definition) is 4. The van der Waals surface area contributed by atoms with Gasteiger partial charge in [0.05, 0.1) is 12.6 Å². The molecule has 0 radical (unpaired) electrons. The number of likely N-dealkylation sites (tertiary alicyclic amines) is 1. The normalized spacial score (nSPS) is 21.2. The number of carbonyl (C=O) groups excluding carboxylic acids is 1. The van der Waals surface area contributed by atoms with Crippen LogP contribution in [0.4, 0.5) is 0 Å². The van der Waals surface area contributed by atoms with Crippen LogP contribution in [0.1, 0.15) is 19.8 Å². The molecule has 0 aromatic carbocycles. The quantitative estimate of drug-likeness (QED) is 0.580. The molecular formula is C10H16N2O5. The van der Waals surface area contributed by atoms with Gasteiger partial charge in [-0.1, -0.05) is 0 Å². The van der Waals surface area contributed by atoms with E-state index < -0.39 is 24.0 Å². The van der Waals surface area contributed by atoms with Gasteiger partial charge in [0.15, 0.2) is 0 Å². The van der Waals surface area contributed by atoms with Crippen LogP contribution in [0.15, 0.2) is 0 Å². The Balaban J connectivity index is 2.56. The summed E-state index contributed by atoms with van der Waals surface area (Å²) >= 11 is 0. The molecule has 0 aromatic rings. The van der Waals surface area contributed by atoms with E-state index >= 15 is 0 Å².